The highest BCUT2D eigenvalue weighted by Gasteiger charge is 2.29. The summed E-state index contributed by atoms with van der Waals surface area (Å²) in [6.45, 7) is 0. The lowest BCUT2D eigenvalue weighted by atomic mass is 10.2. The number of carbonyl (C=O) groups is 1. The van der Waals surface area contributed by atoms with Gasteiger partial charge in [0.25, 0.3) is 0 Å². The van der Waals surface area contributed by atoms with E-state index >= 15 is 0 Å². The van der Waals surface area contributed by atoms with Gasteiger partial charge in [-0.1, -0.05) is 35.5 Å². The second-order valence-electron chi connectivity index (χ2n) is 3.51. The molecule has 1 saturated carbocycles. The van der Waals surface area contributed by atoms with E-state index in [2.05, 4.69) is 0 Å². The van der Waals surface area contributed by atoms with Crippen LogP contribution in [0.2, 0.25) is 5.02 Å². The standard InChI is InChI=1S/C11H11ClOS/c12-10-5-1-8(2-6-10)7-14-11(13)9-3-4-9/h1-2,5-6,9H,3-4,7H2. The molecule has 0 atom stereocenters. The van der Waals surface area contributed by atoms with Crippen molar-refractivity contribution in [2.45, 2.75) is 18.6 Å². The van der Waals surface area contributed by atoms with Crippen molar-refractivity contribution in [2.24, 2.45) is 5.92 Å². The molecule has 1 aliphatic rings. The minimum absolute atomic E-state index is 0.347. The third-order valence-electron chi connectivity index (χ3n) is 2.21. The molecule has 1 aromatic rings. The molecule has 1 aliphatic carbocycles. The van der Waals surface area contributed by atoms with E-state index in [9.17, 15) is 4.79 Å². The summed E-state index contributed by atoms with van der Waals surface area (Å²) in [4.78, 5) is 11.4. The summed E-state index contributed by atoms with van der Waals surface area (Å²) in [6.07, 6.45) is 2.18. The summed E-state index contributed by atoms with van der Waals surface area (Å²) >= 11 is 7.19. The van der Waals surface area contributed by atoms with E-state index in [1.807, 2.05) is 24.3 Å². The van der Waals surface area contributed by atoms with Crippen LogP contribution in [0.4, 0.5) is 0 Å². The van der Waals surface area contributed by atoms with Gasteiger partial charge in [-0.15, -0.1) is 0 Å². The molecule has 14 heavy (non-hydrogen) atoms. The molecule has 0 radical (unpaired) electrons. The Balaban J connectivity index is 1.85. The molecule has 0 aromatic heterocycles. The van der Waals surface area contributed by atoms with E-state index in [1.165, 1.54) is 11.8 Å². The van der Waals surface area contributed by atoms with Crippen molar-refractivity contribution in [2.75, 3.05) is 0 Å². The summed E-state index contributed by atoms with van der Waals surface area (Å²) in [5, 5.41) is 1.09. The largest absolute Gasteiger partial charge is 0.287 e. The zero-order chi connectivity index (χ0) is 9.97. The monoisotopic (exact) mass is 226 g/mol. The van der Waals surface area contributed by atoms with Gasteiger partial charge in [0.15, 0.2) is 5.12 Å². The first kappa shape index (κ1) is 10.1. The van der Waals surface area contributed by atoms with Gasteiger partial charge in [-0.25, -0.2) is 0 Å². The first-order valence-corrected chi connectivity index (χ1v) is 6.03. The third-order valence-corrected chi connectivity index (χ3v) is 3.55. The molecular weight excluding hydrogens is 216 g/mol. The molecule has 1 fully saturated rings. The van der Waals surface area contributed by atoms with Crippen molar-refractivity contribution in [3.8, 4) is 0 Å². The first-order valence-electron chi connectivity index (χ1n) is 4.67. The highest BCUT2D eigenvalue weighted by molar-refractivity contribution is 8.13. The quantitative estimate of drug-likeness (QED) is 0.785. The predicted molar refractivity (Wildman–Crippen MR) is 60.5 cm³/mol. The lowest BCUT2D eigenvalue weighted by Gasteiger charge is -1.99. The molecule has 0 N–H and O–H groups in total. The highest BCUT2D eigenvalue weighted by Crippen LogP contribution is 2.34. The van der Waals surface area contributed by atoms with Crippen LogP contribution >= 0.6 is 23.4 Å². The Kier molecular flexibility index (Phi) is 3.14. The molecule has 0 aliphatic heterocycles. The van der Waals surface area contributed by atoms with Crippen LogP contribution in [0.15, 0.2) is 24.3 Å². The van der Waals surface area contributed by atoms with Crippen LogP contribution in [-0.2, 0) is 10.5 Å². The maximum absolute atomic E-state index is 11.4. The van der Waals surface area contributed by atoms with Crippen LogP contribution < -0.4 is 0 Å². The van der Waals surface area contributed by atoms with Crippen LogP contribution in [0.1, 0.15) is 18.4 Å². The second-order valence-corrected chi connectivity index (χ2v) is 4.92. The van der Waals surface area contributed by atoms with Gasteiger partial charge >= 0.3 is 0 Å². The van der Waals surface area contributed by atoms with Gasteiger partial charge in [0.2, 0.25) is 0 Å². The van der Waals surface area contributed by atoms with Gasteiger partial charge in [0.05, 0.1) is 0 Å². The maximum Gasteiger partial charge on any atom is 0.192 e. The van der Waals surface area contributed by atoms with E-state index in [-0.39, 0.29) is 0 Å². The van der Waals surface area contributed by atoms with Gasteiger partial charge in [0, 0.05) is 16.7 Å². The summed E-state index contributed by atoms with van der Waals surface area (Å²) < 4.78 is 0. The number of benzene rings is 1. The number of rotatable bonds is 3. The Morgan fingerprint density at radius 1 is 1.36 bits per heavy atom. The molecule has 0 heterocycles. The fourth-order valence-corrected chi connectivity index (χ4v) is 2.27. The van der Waals surface area contributed by atoms with Crippen LogP contribution in [0.25, 0.3) is 0 Å². The summed E-state index contributed by atoms with van der Waals surface area (Å²) in [5.74, 6) is 1.12. The lowest BCUT2D eigenvalue weighted by molar-refractivity contribution is -0.112. The minimum Gasteiger partial charge on any atom is -0.287 e. The van der Waals surface area contributed by atoms with Gasteiger partial charge in [0.1, 0.15) is 0 Å². The Morgan fingerprint density at radius 3 is 2.57 bits per heavy atom. The van der Waals surface area contributed by atoms with E-state index in [4.69, 9.17) is 11.6 Å². The Morgan fingerprint density at radius 2 is 2.00 bits per heavy atom. The van der Waals surface area contributed by atoms with Crippen molar-refractivity contribution in [1.29, 1.82) is 0 Å². The molecule has 0 spiro atoms. The number of hydrogen-bond acceptors (Lipinski definition) is 2. The number of carbonyl (C=O) groups excluding carboxylic acids is 1. The van der Waals surface area contributed by atoms with Gasteiger partial charge in [-0.2, -0.15) is 0 Å². The summed E-state index contributed by atoms with van der Waals surface area (Å²) in [7, 11) is 0. The lowest BCUT2D eigenvalue weighted by Crippen LogP contribution is -1.94. The Hall–Kier alpha value is -0.470. The molecule has 2 rings (SSSR count). The van der Waals surface area contributed by atoms with E-state index < -0.39 is 0 Å². The molecule has 0 amide bonds. The molecule has 1 aromatic carbocycles. The average molecular weight is 227 g/mol. The van der Waals surface area contributed by atoms with Crippen LogP contribution in [0, 0.1) is 5.92 Å². The number of thioether (sulfide) groups is 1. The Bertz CT molecular complexity index is 330. The average Bonchev–Trinajstić information content (AvgIpc) is 3.00. The zero-order valence-corrected chi connectivity index (χ0v) is 9.27. The normalized spacial score (nSPS) is 15.5. The first-order chi connectivity index (χ1) is 6.75. The molecule has 0 saturated heterocycles. The number of halogens is 1. The topological polar surface area (TPSA) is 17.1 Å². The van der Waals surface area contributed by atoms with Crippen molar-refractivity contribution in [1.82, 2.24) is 0 Å². The molecule has 0 unspecified atom stereocenters. The highest BCUT2D eigenvalue weighted by atomic mass is 35.5. The molecule has 0 bridgehead atoms. The fraction of sp³-hybridized carbons (Fsp3) is 0.364. The van der Waals surface area contributed by atoms with Gasteiger partial charge < -0.3 is 0 Å². The molecule has 1 nitrogen and oxygen atoms in total. The molecular formula is C11H11ClOS. The van der Waals surface area contributed by atoms with Crippen molar-refractivity contribution in [3.63, 3.8) is 0 Å². The fourth-order valence-electron chi connectivity index (χ4n) is 1.17. The Labute approximate surface area is 92.8 Å². The maximum atomic E-state index is 11.4. The van der Waals surface area contributed by atoms with E-state index in [0.717, 1.165) is 29.2 Å². The SMILES string of the molecule is O=C(SCc1ccc(Cl)cc1)C1CC1. The smallest absolute Gasteiger partial charge is 0.192 e. The van der Waals surface area contributed by atoms with Gasteiger partial charge in [-0.3, -0.25) is 4.79 Å². The van der Waals surface area contributed by atoms with Crippen LogP contribution in [0.3, 0.4) is 0 Å². The van der Waals surface area contributed by atoms with Crippen molar-refractivity contribution < 1.29 is 4.79 Å². The van der Waals surface area contributed by atoms with E-state index in [1.54, 1.807) is 0 Å². The third kappa shape index (κ3) is 2.76. The van der Waals surface area contributed by atoms with E-state index in [0.29, 0.717) is 11.0 Å². The van der Waals surface area contributed by atoms with Gasteiger partial charge in [-0.05, 0) is 30.5 Å². The summed E-state index contributed by atoms with van der Waals surface area (Å²) in [5.41, 5.74) is 1.16. The molecule has 3 heteroatoms. The predicted octanol–water partition coefficient (Wildman–Crippen LogP) is 3.51. The van der Waals surface area contributed by atoms with Crippen LogP contribution in [0.5, 0.6) is 0 Å². The van der Waals surface area contributed by atoms with Crippen molar-refractivity contribution in [3.05, 3.63) is 34.9 Å². The number of hydrogen-bond donors (Lipinski definition) is 0. The zero-order valence-electron chi connectivity index (χ0n) is 7.70. The second kappa shape index (κ2) is 4.37. The summed E-state index contributed by atoms with van der Waals surface area (Å²) in [6, 6.07) is 7.66. The molecule has 74 valence electrons. The van der Waals surface area contributed by atoms with Crippen molar-refractivity contribution >= 4 is 28.5 Å². The minimum atomic E-state index is 0.347. The van der Waals surface area contributed by atoms with Crippen LogP contribution in [-0.4, -0.2) is 5.12 Å².